The lowest BCUT2D eigenvalue weighted by Gasteiger charge is -2.37. The minimum absolute atomic E-state index is 0.0237. The molecule has 0 radical (unpaired) electrons. The summed E-state index contributed by atoms with van der Waals surface area (Å²) < 4.78 is 0. The summed E-state index contributed by atoms with van der Waals surface area (Å²) in [5.41, 5.74) is 2.23. The summed E-state index contributed by atoms with van der Waals surface area (Å²) in [6.45, 7) is 13.9. The average Bonchev–Trinajstić information content (AvgIpc) is 2.60. The fourth-order valence-electron chi connectivity index (χ4n) is 3.76. The Morgan fingerprint density at radius 1 is 1.07 bits per heavy atom. The lowest BCUT2D eigenvalue weighted by molar-refractivity contribution is -0.132. The lowest BCUT2D eigenvalue weighted by atomic mass is 9.84. The zero-order valence-electron chi connectivity index (χ0n) is 17.5. The molecule has 1 aromatic rings. The monoisotopic (exact) mass is 373 g/mol. The molecule has 1 saturated heterocycles. The fourth-order valence-corrected chi connectivity index (χ4v) is 3.76. The minimum Gasteiger partial charge on any atom is -0.368 e. The molecule has 0 saturated carbocycles. The van der Waals surface area contributed by atoms with E-state index in [-0.39, 0.29) is 17.2 Å². The van der Waals surface area contributed by atoms with E-state index in [1.165, 1.54) is 0 Å². The van der Waals surface area contributed by atoms with Gasteiger partial charge in [-0.05, 0) is 42.0 Å². The van der Waals surface area contributed by atoms with Crippen LogP contribution in [-0.2, 0) is 9.59 Å². The van der Waals surface area contributed by atoms with Crippen molar-refractivity contribution in [2.45, 2.75) is 53.9 Å². The Balaban J connectivity index is 1.82. The van der Waals surface area contributed by atoms with Crippen LogP contribution >= 0.6 is 0 Å². The molecule has 27 heavy (non-hydrogen) atoms. The van der Waals surface area contributed by atoms with Crippen molar-refractivity contribution >= 4 is 23.2 Å². The Labute approximate surface area is 164 Å². The van der Waals surface area contributed by atoms with Gasteiger partial charge in [0.25, 0.3) is 0 Å². The summed E-state index contributed by atoms with van der Waals surface area (Å²) in [4.78, 5) is 28.3. The van der Waals surface area contributed by atoms with Gasteiger partial charge in [-0.3, -0.25) is 9.59 Å². The zero-order valence-corrected chi connectivity index (χ0v) is 17.5. The van der Waals surface area contributed by atoms with Crippen LogP contribution in [0, 0.1) is 11.3 Å². The first-order valence-electron chi connectivity index (χ1n) is 10.1. The van der Waals surface area contributed by atoms with E-state index in [0.29, 0.717) is 18.8 Å². The summed E-state index contributed by atoms with van der Waals surface area (Å²) >= 11 is 0. The molecule has 1 aliphatic heterocycles. The van der Waals surface area contributed by atoms with Crippen molar-refractivity contribution in [3.8, 4) is 0 Å². The van der Waals surface area contributed by atoms with Gasteiger partial charge in [0.15, 0.2) is 0 Å². The number of carbonyl (C=O) groups is 2. The van der Waals surface area contributed by atoms with E-state index in [4.69, 9.17) is 0 Å². The van der Waals surface area contributed by atoms with E-state index < -0.39 is 0 Å². The number of hydrogen-bond acceptors (Lipinski definition) is 3. The van der Waals surface area contributed by atoms with Gasteiger partial charge >= 0.3 is 0 Å². The van der Waals surface area contributed by atoms with E-state index in [9.17, 15) is 9.59 Å². The second-order valence-corrected chi connectivity index (χ2v) is 8.89. The fraction of sp³-hybridized carbons (Fsp3) is 0.636. The summed E-state index contributed by atoms with van der Waals surface area (Å²) in [5, 5.41) is 2.87. The number of amides is 2. The quantitative estimate of drug-likeness (QED) is 0.815. The highest BCUT2D eigenvalue weighted by Gasteiger charge is 2.24. The molecule has 1 aromatic carbocycles. The average molecular weight is 374 g/mol. The molecule has 5 heteroatoms. The van der Waals surface area contributed by atoms with E-state index >= 15 is 0 Å². The number of hydrogen-bond donors (Lipinski definition) is 1. The van der Waals surface area contributed by atoms with E-state index in [1.54, 1.807) is 0 Å². The third kappa shape index (κ3) is 6.89. The summed E-state index contributed by atoms with van der Waals surface area (Å²) in [6.07, 6.45) is 2.19. The number of benzene rings is 1. The molecular formula is C22H35N3O2. The van der Waals surface area contributed by atoms with Crippen molar-refractivity contribution < 1.29 is 9.59 Å². The first-order valence-corrected chi connectivity index (χ1v) is 10.1. The Bertz CT molecular complexity index is 626. The van der Waals surface area contributed by atoms with Crippen molar-refractivity contribution in [3.05, 3.63) is 24.3 Å². The molecule has 1 atom stereocenters. The van der Waals surface area contributed by atoms with Crippen molar-refractivity contribution in [2.24, 2.45) is 11.3 Å². The Hall–Kier alpha value is -2.04. The molecule has 0 bridgehead atoms. The Morgan fingerprint density at radius 3 is 2.19 bits per heavy atom. The van der Waals surface area contributed by atoms with Gasteiger partial charge in [-0.25, -0.2) is 0 Å². The van der Waals surface area contributed by atoms with Crippen LogP contribution in [0.1, 0.15) is 53.9 Å². The molecule has 1 fully saturated rings. The van der Waals surface area contributed by atoms with Crippen LogP contribution < -0.4 is 10.2 Å². The maximum Gasteiger partial charge on any atom is 0.224 e. The molecule has 1 aliphatic rings. The molecular weight excluding hydrogens is 338 g/mol. The van der Waals surface area contributed by atoms with Crippen LogP contribution in [0.2, 0.25) is 0 Å². The highest BCUT2D eigenvalue weighted by atomic mass is 16.2. The Morgan fingerprint density at radius 2 is 1.67 bits per heavy atom. The molecule has 1 N–H and O–H groups in total. The standard InChI is InChI=1S/C22H35N3O2/c1-6-20(26)23-18-7-9-19(10-8-18)24-11-13-25(14-12-24)21(27)15-17(2)16-22(3,4)5/h7-10,17H,6,11-16H2,1-5H3,(H,23,26). The number of nitrogens with one attached hydrogen (secondary N) is 1. The third-order valence-electron chi connectivity index (χ3n) is 4.95. The first kappa shape index (κ1) is 21.3. The van der Waals surface area contributed by atoms with Crippen LogP contribution in [0.4, 0.5) is 11.4 Å². The normalized spacial score (nSPS) is 16.2. The van der Waals surface area contributed by atoms with Gasteiger partial charge < -0.3 is 15.1 Å². The summed E-state index contributed by atoms with van der Waals surface area (Å²) in [6, 6.07) is 7.95. The molecule has 5 nitrogen and oxygen atoms in total. The van der Waals surface area contributed by atoms with Gasteiger partial charge in [0.05, 0.1) is 0 Å². The van der Waals surface area contributed by atoms with Crippen molar-refractivity contribution in [1.82, 2.24) is 4.90 Å². The lowest BCUT2D eigenvalue weighted by Crippen LogP contribution is -2.49. The highest BCUT2D eigenvalue weighted by Crippen LogP contribution is 2.27. The van der Waals surface area contributed by atoms with Crippen LogP contribution in [0.3, 0.4) is 0 Å². The molecule has 150 valence electrons. The molecule has 1 heterocycles. The van der Waals surface area contributed by atoms with Gasteiger partial charge in [-0.1, -0.05) is 34.6 Å². The summed E-state index contributed by atoms with van der Waals surface area (Å²) in [5.74, 6) is 0.723. The minimum atomic E-state index is 0.0237. The van der Waals surface area contributed by atoms with Crippen molar-refractivity contribution in [1.29, 1.82) is 0 Å². The van der Waals surface area contributed by atoms with Crippen molar-refractivity contribution in [2.75, 3.05) is 36.4 Å². The SMILES string of the molecule is CCC(=O)Nc1ccc(N2CCN(C(=O)CC(C)CC(C)(C)C)CC2)cc1. The van der Waals surface area contributed by atoms with Crippen LogP contribution in [0.15, 0.2) is 24.3 Å². The van der Waals surface area contributed by atoms with Gasteiger partial charge in [0.1, 0.15) is 0 Å². The smallest absolute Gasteiger partial charge is 0.224 e. The largest absolute Gasteiger partial charge is 0.368 e. The van der Waals surface area contributed by atoms with Gasteiger partial charge in [-0.15, -0.1) is 0 Å². The van der Waals surface area contributed by atoms with Gasteiger partial charge in [0, 0.05) is 50.4 Å². The topological polar surface area (TPSA) is 52.7 Å². The zero-order chi connectivity index (χ0) is 20.0. The number of rotatable bonds is 6. The molecule has 0 aromatic heterocycles. The van der Waals surface area contributed by atoms with Crippen LogP contribution in [0.5, 0.6) is 0 Å². The van der Waals surface area contributed by atoms with Crippen LogP contribution in [-0.4, -0.2) is 42.9 Å². The molecule has 0 spiro atoms. The van der Waals surface area contributed by atoms with E-state index in [0.717, 1.165) is 44.0 Å². The third-order valence-corrected chi connectivity index (χ3v) is 4.95. The van der Waals surface area contributed by atoms with Crippen LogP contribution in [0.25, 0.3) is 0 Å². The van der Waals surface area contributed by atoms with Gasteiger partial charge in [0.2, 0.25) is 11.8 Å². The first-order chi connectivity index (χ1) is 12.7. The Kier molecular flexibility index (Phi) is 7.28. The second-order valence-electron chi connectivity index (χ2n) is 8.89. The second kappa shape index (κ2) is 9.25. The maximum absolute atomic E-state index is 12.6. The predicted octanol–water partition coefficient (Wildman–Crippen LogP) is 4.15. The number of carbonyl (C=O) groups excluding carboxylic acids is 2. The van der Waals surface area contributed by atoms with E-state index in [2.05, 4.69) is 37.9 Å². The molecule has 2 rings (SSSR count). The molecule has 1 unspecified atom stereocenters. The number of piperazine rings is 1. The molecule has 0 aliphatic carbocycles. The maximum atomic E-state index is 12.6. The molecule has 2 amide bonds. The van der Waals surface area contributed by atoms with Crippen molar-refractivity contribution in [3.63, 3.8) is 0 Å². The van der Waals surface area contributed by atoms with E-state index in [1.807, 2.05) is 36.1 Å². The summed E-state index contributed by atoms with van der Waals surface area (Å²) in [7, 11) is 0. The highest BCUT2D eigenvalue weighted by molar-refractivity contribution is 5.90. The number of nitrogens with zero attached hydrogens (tertiary/aromatic N) is 2. The number of anilines is 2. The van der Waals surface area contributed by atoms with Gasteiger partial charge in [-0.2, -0.15) is 0 Å². The predicted molar refractivity (Wildman–Crippen MR) is 112 cm³/mol.